The number of nitrogens with zero attached hydrogens (tertiary/aromatic N) is 1. The van der Waals surface area contributed by atoms with Crippen LogP contribution in [0.25, 0.3) is 0 Å². The van der Waals surface area contributed by atoms with Gasteiger partial charge in [0.2, 0.25) is 0 Å². The number of piperidine rings is 1. The third-order valence-electron chi connectivity index (χ3n) is 6.34. The van der Waals surface area contributed by atoms with Crippen LogP contribution in [0, 0.1) is 5.41 Å². The minimum Gasteiger partial charge on any atom is -0.375 e. The number of hydrogen-bond donors (Lipinski definition) is 1. The van der Waals surface area contributed by atoms with E-state index in [1.807, 2.05) is 0 Å². The Labute approximate surface area is 125 Å². The molecule has 0 amide bonds. The van der Waals surface area contributed by atoms with Gasteiger partial charge in [-0.05, 0) is 57.5 Å². The zero-order valence-corrected chi connectivity index (χ0v) is 14.0. The van der Waals surface area contributed by atoms with Crippen LogP contribution in [0.4, 0.5) is 0 Å². The molecule has 0 aromatic rings. The van der Waals surface area contributed by atoms with Gasteiger partial charge in [0, 0.05) is 18.7 Å². The molecule has 0 saturated carbocycles. The predicted octanol–water partition coefficient (Wildman–Crippen LogP) is 3.18. The van der Waals surface area contributed by atoms with Crippen molar-refractivity contribution in [2.24, 2.45) is 11.1 Å². The molecule has 0 bridgehead atoms. The molecule has 118 valence electrons. The van der Waals surface area contributed by atoms with Crippen LogP contribution in [0.5, 0.6) is 0 Å². The molecule has 2 unspecified atom stereocenters. The van der Waals surface area contributed by atoms with Crippen LogP contribution in [0.2, 0.25) is 0 Å². The van der Waals surface area contributed by atoms with Crippen LogP contribution in [-0.4, -0.2) is 42.3 Å². The van der Waals surface area contributed by atoms with Crippen molar-refractivity contribution >= 4 is 0 Å². The molecule has 2 rings (SSSR count). The molecule has 3 nitrogen and oxygen atoms in total. The molecule has 0 aromatic heterocycles. The van der Waals surface area contributed by atoms with Crippen molar-refractivity contribution in [2.75, 3.05) is 26.2 Å². The van der Waals surface area contributed by atoms with E-state index in [2.05, 4.69) is 32.6 Å². The fourth-order valence-electron chi connectivity index (χ4n) is 4.00. The Hall–Kier alpha value is -0.120. The summed E-state index contributed by atoms with van der Waals surface area (Å²) in [5.74, 6) is 0. The lowest BCUT2D eigenvalue weighted by Gasteiger charge is -2.54. The van der Waals surface area contributed by atoms with Gasteiger partial charge in [-0.2, -0.15) is 0 Å². The average Bonchev–Trinajstić information content (AvgIpc) is 2.48. The first kappa shape index (κ1) is 16.3. The molecular weight excluding hydrogens is 248 g/mol. The maximum Gasteiger partial charge on any atom is 0.0670 e. The van der Waals surface area contributed by atoms with E-state index in [-0.39, 0.29) is 11.1 Å². The van der Waals surface area contributed by atoms with Crippen LogP contribution in [-0.2, 0) is 4.74 Å². The van der Waals surface area contributed by atoms with E-state index >= 15 is 0 Å². The lowest BCUT2D eigenvalue weighted by atomic mass is 9.73. The first-order chi connectivity index (χ1) is 9.41. The fourth-order valence-corrected chi connectivity index (χ4v) is 4.00. The minimum absolute atomic E-state index is 0.0170. The topological polar surface area (TPSA) is 38.5 Å². The fraction of sp³-hybridized carbons (Fsp3) is 1.00. The van der Waals surface area contributed by atoms with Gasteiger partial charge in [0.1, 0.15) is 0 Å². The van der Waals surface area contributed by atoms with E-state index in [0.717, 1.165) is 32.4 Å². The van der Waals surface area contributed by atoms with Gasteiger partial charge in [-0.3, -0.25) is 4.90 Å². The molecule has 2 atom stereocenters. The predicted molar refractivity (Wildman–Crippen MR) is 84.9 cm³/mol. The molecule has 0 aliphatic carbocycles. The van der Waals surface area contributed by atoms with Gasteiger partial charge in [0.05, 0.1) is 5.60 Å². The van der Waals surface area contributed by atoms with Crippen LogP contribution >= 0.6 is 0 Å². The largest absolute Gasteiger partial charge is 0.375 e. The Morgan fingerprint density at radius 2 is 1.70 bits per heavy atom. The first-order valence-corrected chi connectivity index (χ1v) is 8.50. The zero-order chi connectivity index (χ0) is 14.9. The number of hydrogen-bond acceptors (Lipinski definition) is 3. The van der Waals surface area contributed by atoms with Gasteiger partial charge in [0.15, 0.2) is 0 Å². The molecule has 2 aliphatic heterocycles. The summed E-state index contributed by atoms with van der Waals surface area (Å²) < 4.78 is 6.04. The van der Waals surface area contributed by atoms with Crippen molar-refractivity contribution in [3.63, 3.8) is 0 Å². The second kappa shape index (κ2) is 5.94. The summed E-state index contributed by atoms with van der Waals surface area (Å²) in [5, 5.41) is 0. The van der Waals surface area contributed by atoms with E-state index in [0.29, 0.717) is 5.41 Å². The SMILES string of the molecule is CCC1(C)CCN(C2(CN)CCOC(C)(CC)C2)CC1. The van der Waals surface area contributed by atoms with Gasteiger partial charge in [-0.15, -0.1) is 0 Å². The van der Waals surface area contributed by atoms with Crippen molar-refractivity contribution in [2.45, 2.75) is 77.4 Å². The lowest BCUT2D eigenvalue weighted by Crippen LogP contribution is -2.63. The van der Waals surface area contributed by atoms with Crippen LogP contribution < -0.4 is 5.73 Å². The number of nitrogens with two attached hydrogens (primary N) is 1. The molecule has 20 heavy (non-hydrogen) atoms. The summed E-state index contributed by atoms with van der Waals surface area (Å²) in [4.78, 5) is 2.70. The molecule has 2 heterocycles. The molecule has 2 N–H and O–H groups in total. The highest BCUT2D eigenvalue weighted by molar-refractivity contribution is 5.02. The van der Waals surface area contributed by atoms with Crippen molar-refractivity contribution in [3.05, 3.63) is 0 Å². The van der Waals surface area contributed by atoms with Crippen molar-refractivity contribution in [1.29, 1.82) is 0 Å². The molecule has 3 heteroatoms. The lowest BCUT2D eigenvalue weighted by molar-refractivity contribution is -0.136. The standard InChI is InChI=1S/C17H34N2O/c1-5-15(3)7-10-19(11-8-15)17(14-18)9-12-20-16(4,6-2)13-17/h5-14,18H2,1-4H3. The molecule has 2 fully saturated rings. The molecule has 2 saturated heterocycles. The van der Waals surface area contributed by atoms with Crippen LogP contribution in [0.1, 0.15) is 66.2 Å². The Morgan fingerprint density at radius 3 is 2.20 bits per heavy atom. The van der Waals surface area contributed by atoms with Gasteiger partial charge < -0.3 is 10.5 Å². The number of rotatable bonds is 4. The van der Waals surface area contributed by atoms with Crippen molar-refractivity contribution in [3.8, 4) is 0 Å². The van der Waals surface area contributed by atoms with E-state index in [4.69, 9.17) is 10.5 Å². The molecule has 2 aliphatic rings. The van der Waals surface area contributed by atoms with Crippen molar-refractivity contribution < 1.29 is 4.74 Å². The number of likely N-dealkylation sites (tertiary alicyclic amines) is 1. The molecule has 0 radical (unpaired) electrons. The molecule has 0 aromatic carbocycles. The molecule has 0 spiro atoms. The summed E-state index contributed by atoms with van der Waals surface area (Å²) in [5.41, 5.74) is 6.99. The second-order valence-electron chi connectivity index (χ2n) is 7.66. The third kappa shape index (κ3) is 3.05. The smallest absolute Gasteiger partial charge is 0.0670 e. The van der Waals surface area contributed by atoms with E-state index in [1.54, 1.807) is 0 Å². The summed E-state index contributed by atoms with van der Waals surface area (Å²) >= 11 is 0. The van der Waals surface area contributed by atoms with E-state index in [9.17, 15) is 0 Å². The van der Waals surface area contributed by atoms with E-state index in [1.165, 1.54) is 32.4 Å². The summed E-state index contributed by atoms with van der Waals surface area (Å²) in [6, 6.07) is 0. The maximum atomic E-state index is 6.25. The highest BCUT2D eigenvalue weighted by Gasteiger charge is 2.46. The monoisotopic (exact) mass is 282 g/mol. The Kier molecular flexibility index (Phi) is 4.83. The second-order valence-corrected chi connectivity index (χ2v) is 7.66. The zero-order valence-electron chi connectivity index (χ0n) is 14.0. The van der Waals surface area contributed by atoms with Gasteiger partial charge >= 0.3 is 0 Å². The summed E-state index contributed by atoms with van der Waals surface area (Å²) in [6.45, 7) is 13.3. The van der Waals surface area contributed by atoms with Gasteiger partial charge in [-0.1, -0.05) is 27.2 Å². The third-order valence-corrected chi connectivity index (χ3v) is 6.34. The normalized spacial score (nSPS) is 38.9. The van der Waals surface area contributed by atoms with Gasteiger partial charge in [0.25, 0.3) is 0 Å². The highest BCUT2D eigenvalue weighted by atomic mass is 16.5. The Bertz CT molecular complexity index is 325. The average molecular weight is 282 g/mol. The van der Waals surface area contributed by atoms with Gasteiger partial charge in [-0.25, -0.2) is 0 Å². The highest BCUT2D eigenvalue weighted by Crippen LogP contribution is 2.42. The Balaban J connectivity index is 2.08. The van der Waals surface area contributed by atoms with Crippen molar-refractivity contribution in [1.82, 2.24) is 4.90 Å². The molecular formula is C17H34N2O. The summed E-state index contributed by atoms with van der Waals surface area (Å²) in [7, 11) is 0. The van der Waals surface area contributed by atoms with Crippen LogP contribution in [0.15, 0.2) is 0 Å². The van der Waals surface area contributed by atoms with E-state index < -0.39 is 0 Å². The number of ether oxygens (including phenoxy) is 1. The maximum absolute atomic E-state index is 6.25. The Morgan fingerprint density at radius 1 is 1.05 bits per heavy atom. The van der Waals surface area contributed by atoms with Crippen LogP contribution in [0.3, 0.4) is 0 Å². The summed E-state index contributed by atoms with van der Waals surface area (Å²) in [6.07, 6.45) is 7.20. The quantitative estimate of drug-likeness (QED) is 0.860. The first-order valence-electron chi connectivity index (χ1n) is 8.50. The minimum atomic E-state index is 0.0170.